The number of carbonyl (C=O) groups excluding carboxylic acids is 1. The molecule has 1 nitrogen and oxygen atoms in total. The average Bonchev–Trinajstić information content (AvgIpc) is 2.84. The molecule has 0 unspecified atom stereocenters. The molecule has 0 bridgehead atoms. The molecule has 0 saturated heterocycles. The van der Waals surface area contributed by atoms with Crippen molar-refractivity contribution in [1.29, 1.82) is 0 Å². The number of aldehydes is 1. The maximum absolute atomic E-state index is 10.8. The second-order valence-electron chi connectivity index (χ2n) is 3.91. The van der Waals surface area contributed by atoms with E-state index in [4.69, 9.17) is 11.6 Å². The number of rotatable bonds is 2. The van der Waals surface area contributed by atoms with Gasteiger partial charge < -0.3 is 0 Å². The van der Waals surface area contributed by atoms with Crippen molar-refractivity contribution in [3.63, 3.8) is 0 Å². The van der Waals surface area contributed by atoms with Crippen LogP contribution in [0.15, 0.2) is 18.2 Å². The zero-order valence-electron chi connectivity index (χ0n) is 7.51. The van der Waals surface area contributed by atoms with Crippen molar-refractivity contribution in [3.05, 3.63) is 34.3 Å². The van der Waals surface area contributed by atoms with E-state index in [1.54, 1.807) is 6.07 Å². The van der Waals surface area contributed by atoms with Gasteiger partial charge in [0.15, 0.2) is 0 Å². The van der Waals surface area contributed by atoms with Gasteiger partial charge in [-0.05, 0) is 36.0 Å². The standard InChI is InChI=1S/C11H11ClO/c1-11(4-5-11)10-3-2-9(12)6-8(10)7-13/h2-3,6-7H,4-5H2,1H3. The summed E-state index contributed by atoms with van der Waals surface area (Å²) >= 11 is 5.81. The summed E-state index contributed by atoms with van der Waals surface area (Å²) in [4.78, 5) is 10.8. The predicted octanol–water partition coefficient (Wildman–Crippen LogP) is 3.20. The van der Waals surface area contributed by atoms with Crippen LogP contribution in [0.4, 0.5) is 0 Å². The molecule has 68 valence electrons. The SMILES string of the molecule is CC1(c2ccc(Cl)cc2C=O)CC1. The van der Waals surface area contributed by atoms with Crippen LogP contribution in [0.5, 0.6) is 0 Å². The molecule has 1 aliphatic rings. The van der Waals surface area contributed by atoms with Gasteiger partial charge in [0.25, 0.3) is 0 Å². The third-order valence-corrected chi connectivity index (χ3v) is 3.03. The molecule has 0 aromatic heterocycles. The Labute approximate surface area is 82.7 Å². The summed E-state index contributed by atoms with van der Waals surface area (Å²) in [6, 6.07) is 5.57. The minimum Gasteiger partial charge on any atom is -0.298 e. The predicted molar refractivity (Wildman–Crippen MR) is 53.4 cm³/mol. The van der Waals surface area contributed by atoms with Crippen LogP contribution in [0.3, 0.4) is 0 Å². The molecule has 2 rings (SSSR count). The molecular formula is C11H11ClO. The van der Waals surface area contributed by atoms with Crippen molar-refractivity contribution >= 4 is 17.9 Å². The Bertz CT molecular complexity index is 353. The highest BCUT2D eigenvalue weighted by molar-refractivity contribution is 6.30. The Morgan fingerprint density at radius 1 is 1.46 bits per heavy atom. The molecule has 2 heteroatoms. The first kappa shape index (κ1) is 8.76. The summed E-state index contributed by atoms with van der Waals surface area (Å²) in [5.41, 5.74) is 2.13. The van der Waals surface area contributed by atoms with Gasteiger partial charge in [-0.15, -0.1) is 0 Å². The van der Waals surface area contributed by atoms with E-state index in [-0.39, 0.29) is 5.41 Å². The van der Waals surface area contributed by atoms with E-state index in [1.807, 2.05) is 12.1 Å². The van der Waals surface area contributed by atoms with Crippen LogP contribution < -0.4 is 0 Å². The molecule has 1 aromatic carbocycles. The maximum Gasteiger partial charge on any atom is 0.150 e. The van der Waals surface area contributed by atoms with E-state index in [9.17, 15) is 4.79 Å². The Kier molecular flexibility index (Phi) is 1.92. The van der Waals surface area contributed by atoms with Crippen LogP contribution >= 0.6 is 11.6 Å². The van der Waals surface area contributed by atoms with Gasteiger partial charge in [0, 0.05) is 10.6 Å². The van der Waals surface area contributed by atoms with Gasteiger partial charge in [-0.1, -0.05) is 24.6 Å². The number of carbonyl (C=O) groups is 1. The molecule has 0 radical (unpaired) electrons. The van der Waals surface area contributed by atoms with Gasteiger partial charge in [-0.25, -0.2) is 0 Å². The monoisotopic (exact) mass is 194 g/mol. The second kappa shape index (κ2) is 2.85. The lowest BCUT2D eigenvalue weighted by Crippen LogP contribution is -2.03. The van der Waals surface area contributed by atoms with Crippen LogP contribution in [-0.4, -0.2) is 6.29 Å². The second-order valence-corrected chi connectivity index (χ2v) is 4.35. The highest BCUT2D eigenvalue weighted by atomic mass is 35.5. The molecule has 1 fully saturated rings. The van der Waals surface area contributed by atoms with Gasteiger partial charge in [0.1, 0.15) is 6.29 Å². The highest BCUT2D eigenvalue weighted by Crippen LogP contribution is 2.48. The Morgan fingerprint density at radius 2 is 2.15 bits per heavy atom. The van der Waals surface area contributed by atoms with Gasteiger partial charge in [0.05, 0.1) is 0 Å². The van der Waals surface area contributed by atoms with Gasteiger partial charge >= 0.3 is 0 Å². The number of halogens is 1. The summed E-state index contributed by atoms with van der Waals surface area (Å²) < 4.78 is 0. The van der Waals surface area contributed by atoms with Crippen molar-refractivity contribution in [3.8, 4) is 0 Å². The zero-order valence-corrected chi connectivity index (χ0v) is 8.27. The van der Waals surface area contributed by atoms with Crippen molar-refractivity contribution < 1.29 is 4.79 Å². The summed E-state index contributed by atoms with van der Waals surface area (Å²) in [5, 5.41) is 0.634. The highest BCUT2D eigenvalue weighted by Gasteiger charge is 2.40. The molecule has 0 N–H and O–H groups in total. The number of benzene rings is 1. The smallest absolute Gasteiger partial charge is 0.150 e. The molecule has 0 heterocycles. The molecule has 0 amide bonds. The quantitative estimate of drug-likeness (QED) is 0.661. The van der Waals surface area contributed by atoms with E-state index >= 15 is 0 Å². The lowest BCUT2D eigenvalue weighted by atomic mass is 9.94. The average molecular weight is 195 g/mol. The number of hydrogen-bond donors (Lipinski definition) is 0. The molecule has 1 saturated carbocycles. The van der Waals surface area contributed by atoms with E-state index < -0.39 is 0 Å². The fourth-order valence-corrected chi connectivity index (χ4v) is 1.82. The minimum atomic E-state index is 0.237. The minimum absolute atomic E-state index is 0.237. The summed E-state index contributed by atoms with van der Waals surface area (Å²) in [6.45, 7) is 2.18. The van der Waals surface area contributed by atoms with E-state index in [0.29, 0.717) is 5.02 Å². The van der Waals surface area contributed by atoms with E-state index in [2.05, 4.69) is 6.92 Å². The third-order valence-electron chi connectivity index (χ3n) is 2.79. The third kappa shape index (κ3) is 1.49. The van der Waals surface area contributed by atoms with Gasteiger partial charge in [-0.3, -0.25) is 4.79 Å². The van der Waals surface area contributed by atoms with Crippen LogP contribution in [0.25, 0.3) is 0 Å². The summed E-state index contributed by atoms with van der Waals surface area (Å²) in [7, 11) is 0. The lowest BCUT2D eigenvalue weighted by Gasteiger charge is -2.11. The van der Waals surface area contributed by atoms with Gasteiger partial charge in [0.2, 0.25) is 0 Å². The first-order chi connectivity index (χ1) is 6.15. The molecule has 0 atom stereocenters. The van der Waals surface area contributed by atoms with E-state index in [0.717, 1.165) is 17.4 Å². The van der Waals surface area contributed by atoms with Crippen LogP contribution in [0.2, 0.25) is 5.02 Å². The molecule has 0 spiro atoms. The zero-order chi connectivity index (χ0) is 9.47. The fourth-order valence-electron chi connectivity index (χ4n) is 1.64. The Balaban J connectivity index is 2.50. The van der Waals surface area contributed by atoms with E-state index in [1.165, 1.54) is 12.8 Å². The Hall–Kier alpha value is -0.820. The summed E-state index contributed by atoms with van der Waals surface area (Å²) in [6.07, 6.45) is 3.25. The first-order valence-electron chi connectivity index (χ1n) is 4.41. The van der Waals surface area contributed by atoms with Crippen molar-refractivity contribution in [1.82, 2.24) is 0 Å². The maximum atomic E-state index is 10.8. The van der Waals surface area contributed by atoms with Crippen LogP contribution in [-0.2, 0) is 5.41 Å². The lowest BCUT2D eigenvalue weighted by molar-refractivity contribution is 0.112. The van der Waals surface area contributed by atoms with Crippen LogP contribution in [0, 0.1) is 0 Å². The molecule has 13 heavy (non-hydrogen) atoms. The molecule has 0 aliphatic heterocycles. The Morgan fingerprint density at radius 3 is 2.69 bits per heavy atom. The molecule has 1 aliphatic carbocycles. The molecule has 1 aromatic rings. The number of hydrogen-bond acceptors (Lipinski definition) is 1. The normalized spacial score (nSPS) is 18.3. The van der Waals surface area contributed by atoms with Crippen molar-refractivity contribution in [2.24, 2.45) is 0 Å². The largest absolute Gasteiger partial charge is 0.298 e. The topological polar surface area (TPSA) is 17.1 Å². The summed E-state index contributed by atoms with van der Waals surface area (Å²) in [5.74, 6) is 0. The van der Waals surface area contributed by atoms with Gasteiger partial charge in [-0.2, -0.15) is 0 Å². The molecular weight excluding hydrogens is 184 g/mol. The van der Waals surface area contributed by atoms with Crippen molar-refractivity contribution in [2.45, 2.75) is 25.2 Å². The first-order valence-corrected chi connectivity index (χ1v) is 4.79. The van der Waals surface area contributed by atoms with Crippen molar-refractivity contribution in [2.75, 3.05) is 0 Å². The fraction of sp³-hybridized carbons (Fsp3) is 0.364. The van der Waals surface area contributed by atoms with Crippen LogP contribution in [0.1, 0.15) is 35.7 Å².